The van der Waals surface area contributed by atoms with Crippen molar-refractivity contribution in [2.24, 2.45) is 0 Å². The molecule has 2 N–H and O–H groups in total. The maximum atomic E-state index is 5.42. The van der Waals surface area contributed by atoms with Crippen LogP contribution < -0.4 is 10.6 Å². The summed E-state index contributed by atoms with van der Waals surface area (Å²) in [6, 6.07) is 0.433. The Morgan fingerprint density at radius 1 is 1.16 bits per heavy atom. The van der Waals surface area contributed by atoms with Crippen molar-refractivity contribution < 1.29 is 13.9 Å². The molecule has 1 heterocycles. The summed E-state index contributed by atoms with van der Waals surface area (Å²) in [7, 11) is 1.67. The molecule has 7 nitrogen and oxygen atoms in total. The van der Waals surface area contributed by atoms with Crippen molar-refractivity contribution >= 4 is 6.01 Å². The number of hydrogen-bond donors (Lipinski definition) is 2. The third-order valence-electron chi connectivity index (χ3n) is 2.39. The Hall–Kier alpha value is -1.18. The van der Waals surface area contributed by atoms with Crippen molar-refractivity contribution in [3.63, 3.8) is 0 Å². The van der Waals surface area contributed by atoms with Gasteiger partial charge < -0.3 is 24.5 Å². The van der Waals surface area contributed by atoms with Crippen LogP contribution in [-0.4, -0.2) is 50.2 Å². The van der Waals surface area contributed by atoms with E-state index >= 15 is 0 Å². The predicted molar refractivity (Wildman–Crippen MR) is 72.1 cm³/mol. The van der Waals surface area contributed by atoms with E-state index in [2.05, 4.69) is 27.8 Å². The van der Waals surface area contributed by atoms with Crippen molar-refractivity contribution in [2.75, 3.05) is 45.3 Å². The number of ether oxygens (including phenoxy) is 2. The molecule has 0 radical (unpaired) electrons. The summed E-state index contributed by atoms with van der Waals surface area (Å²) in [5, 5.41) is 14.0. The average molecular weight is 272 g/mol. The molecule has 1 aromatic rings. The van der Waals surface area contributed by atoms with Gasteiger partial charge in [0.25, 0.3) is 0 Å². The molecular weight excluding hydrogens is 248 g/mol. The number of hydrogen-bond acceptors (Lipinski definition) is 7. The summed E-state index contributed by atoms with van der Waals surface area (Å²) in [4.78, 5) is 0. The fourth-order valence-electron chi connectivity index (χ4n) is 1.34. The van der Waals surface area contributed by atoms with Gasteiger partial charge in [-0.05, 0) is 6.42 Å². The highest BCUT2D eigenvalue weighted by Crippen LogP contribution is 2.04. The minimum Gasteiger partial charge on any atom is -0.407 e. The first-order valence-corrected chi connectivity index (χ1v) is 6.70. The first-order valence-electron chi connectivity index (χ1n) is 6.70. The van der Waals surface area contributed by atoms with Gasteiger partial charge in [-0.3, -0.25) is 0 Å². The van der Waals surface area contributed by atoms with Crippen molar-refractivity contribution in [1.82, 2.24) is 15.5 Å². The lowest BCUT2D eigenvalue weighted by Gasteiger charge is -2.03. The van der Waals surface area contributed by atoms with E-state index in [0.29, 0.717) is 38.2 Å². The minimum atomic E-state index is 0.433. The van der Waals surface area contributed by atoms with Gasteiger partial charge in [0.15, 0.2) is 0 Å². The Balaban J connectivity index is 2.06. The number of methoxy groups -OCH3 is 1. The van der Waals surface area contributed by atoms with Crippen LogP contribution in [0.2, 0.25) is 0 Å². The largest absolute Gasteiger partial charge is 0.407 e. The zero-order valence-corrected chi connectivity index (χ0v) is 11.8. The van der Waals surface area contributed by atoms with Crippen molar-refractivity contribution in [3.8, 4) is 0 Å². The highest BCUT2D eigenvalue weighted by molar-refractivity contribution is 5.16. The molecule has 0 aliphatic carbocycles. The summed E-state index contributed by atoms with van der Waals surface area (Å²) < 4.78 is 15.7. The van der Waals surface area contributed by atoms with Crippen molar-refractivity contribution in [1.29, 1.82) is 0 Å². The number of nitrogens with one attached hydrogen (secondary N) is 2. The Morgan fingerprint density at radius 3 is 2.84 bits per heavy atom. The second-order valence-electron chi connectivity index (χ2n) is 4.06. The zero-order valence-electron chi connectivity index (χ0n) is 11.8. The fraction of sp³-hybridized carbons (Fsp3) is 0.833. The van der Waals surface area contributed by atoms with E-state index < -0.39 is 0 Å². The van der Waals surface area contributed by atoms with Crippen LogP contribution in [-0.2, 0) is 16.0 Å². The van der Waals surface area contributed by atoms with Crippen LogP contribution in [0.1, 0.15) is 25.7 Å². The van der Waals surface area contributed by atoms with Gasteiger partial charge in [-0.1, -0.05) is 18.4 Å². The third kappa shape index (κ3) is 7.76. The first kappa shape index (κ1) is 15.9. The molecule has 0 fully saturated rings. The standard InChI is InChI=1S/C12H24N4O3/c1-3-4-7-18-9-6-14-12-16-15-11(19-12)10-13-5-8-17-2/h13H,3-10H2,1-2H3,(H,14,16). The maximum Gasteiger partial charge on any atom is 0.315 e. The van der Waals surface area contributed by atoms with E-state index in [4.69, 9.17) is 13.9 Å². The molecule has 0 aliphatic heterocycles. The van der Waals surface area contributed by atoms with Gasteiger partial charge in [0.2, 0.25) is 5.89 Å². The van der Waals surface area contributed by atoms with Crippen LogP contribution in [0, 0.1) is 0 Å². The lowest BCUT2D eigenvalue weighted by molar-refractivity contribution is 0.140. The summed E-state index contributed by atoms with van der Waals surface area (Å²) in [5.74, 6) is 0.561. The van der Waals surface area contributed by atoms with Crippen molar-refractivity contribution in [2.45, 2.75) is 26.3 Å². The fourth-order valence-corrected chi connectivity index (χ4v) is 1.34. The zero-order chi connectivity index (χ0) is 13.8. The predicted octanol–water partition coefficient (Wildman–Crippen LogP) is 1.03. The highest BCUT2D eigenvalue weighted by Gasteiger charge is 2.04. The second-order valence-corrected chi connectivity index (χ2v) is 4.06. The Bertz CT molecular complexity index is 320. The molecular formula is C12H24N4O3. The Kier molecular flexibility index (Phi) is 8.95. The second kappa shape index (κ2) is 10.7. The smallest absolute Gasteiger partial charge is 0.315 e. The number of anilines is 1. The molecule has 110 valence electrons. The SMILES string of the molecule is CCCCOCCNc1nnc(CNCCOC)o1. The Morgan fingerprint density at radius 2 is 2.05 bits per heavy atom. The number of nitrogens with zero attached hydrogens (tertiary/aromatic N) is 2. The molecule has 0 atom stereocenters. The summed E-state index contributed by atoms with van der Waals surface area (Å²) in [6.45, 7) is 6.22. The van der Waals surface area contributed by atoms with E-state index in [1.54, 1.807) is 7.11 Å². The molecule has 0 saturated carbocycles. The molecule has 1 aromatic heterocycles. The first-order chi connectivity index (χ1) is 9.36. The van der Waals surface area contributed by atoms with E-state index in [0.717, 1.165) is 26.0 Å². The lowest BCUT2D eigenvalue weighted by Crippen LogP contribution is -2.18. The maximum absolute atomic E-state index is 5.42. The molecule has 0 unspecified atom stereocenters. The van der Waals surface area contributed by atoms with Crippen LogP contribution in [0.5, 0.6) is 0 Å². The summed E-state index contributed by atoms with van der Waals surface area (Å²) in [6.07, 6.45) is 2.24. The molecule has 0 aromatic carbocycles. The van der Waals surface area contributed by atoms with E-state index in [9.17, 15) is 0 Å². The van der Waals surface area contributed by atoms with Crippen LogP contribution in [0.15, 0.2) is 4.42 Å². The average Bonchev–Trinajstić information content (AvgIpc) is 2.87. The molecule has 0 spiro atoms. The van der Waals surface area contributed by atoms with Crippen LogP contribution in [0.3, 0.4) is 0 Å². The normalized spacial score (nSPS) is 10.8. The van der Waals surface area contributed by atoms with Gasteiger partial charge in [-0.2, -0.15) is 0 Å². The Labute approximate surface area is 114 Å². The van der Waals surface area contributed by atoms with E-state index in [-0.39, 0.29) is 0 Å². The van der Waals surface area contributed by atoms with Gasteiger partial charge in [0.05, 0.1) is 19.8 Å². The van der Waals surface area contributed by atoms with Gasteiger partial charge in [-0.25, -0.2) is 0 Å². The van der Waals surface area contributed by atoms with Crippen LogP contribution in [0.4, 0.5) is 6.01 Å². The topological polar surface area (TPSA) is 81.4 Å². The quantitative estimate of drug-likeness (QED) is 0.550. The lowest BCUT2D eigenvalue weighted by atomic mass is 10.4. The summed E-state index contributed by atoms with van der Waals surface area (Å²) >= 11 is 0. The molecule has 0 bridgehead atoms. The van der Waals surface area contributed by atoms with Gasteiger partial charge in [-0.15, -0.1) is 5.10 Å². The molecule has 0 saturated heterocycles. The van der Waals surface area contributed by atoms with Gasteiger partial charge in [0, 0.05) is 26.8 Å². The number of rotatable bonds is 12. The molecule has 19 heavy (non-hydrogen) atoms. The van der Waals surface area contributed by atoms with Crippen LogP contribution >= 0.6 is 0 Å². The van der Waals surface area contributed by atoms with Crippen molar-refractivity contribution in [3.05, 3.63) is 5.89 Å². The van der Waals surface area contributed by atoms with Gasteiger partial charge >= 0.3 is 6.01 Å². The third-order valence-corrected chi connectivity index (χ3v) is 2.39. The minimum absolute atomic E-state index is 0.433. The molecule has 7 heteroatoms. The van der Waals surface area contributed by atoms with Gasteiger partial charge in [0.1, 0.15) is 0 Å². The summed E-state index contributed by atoms with van der Waals surface area (Å²) in [5.41, 5.74) is 0. The van der Waals surface area contributed by atoms with E-state index in [1.807, 2.05) is 0 Å². The molecule has 0 amide bonds. The highest BCUT2D eigenvalue weighted by atomic mass is 16.5. The van der Waals surface area contributed by atoms with Crippen LogP contribution in [0.25, 0.3) is 0 Å². The monoisotopic (exact) mass is 272 g/mol. The molecule has 0 aliphatic rings. The number of aromatic nitrogens is 2. The molecule has 1 rings (SSSR count). The number of unbranched alkanes of at least 4 members (excludes halogenated alkanes) is 1. The van der Waals surface area contributed by atoms with E-state index in [1.165, 1.54) is 0 Å².